The monoisotopic (exact) mass is 996 g/mol. The molecule has 14 aromatic carbocycles. The number of nitrogens with zero attached hydrogens (tertiary/aromatic N) is 2. The molecule has 0 aromatic heterocycles. The number of anilines is 6. The van der Waals surface area contributed by atoms with E-state index in [2.05, 4.69) is 0 Å². The molecule has 14 aromatic rings. The topological polar surface area (TPSA) is 6.48 Å². The van der Waals surface area contributed by atoms with Crippen molar-refractivity contribution in [2.45, 2.75) is 0 Å². The molecule has 76 heavy (non-hydrogen) atoms. The van der Waals surface area contributed by atoms with Gasteiger partial charge in [0.1, 0.15) is 0 Å². The molecule has 0 saturated heterocycles. The Morgan fingerprint density at radius 3 is 1.01 bits per heavy atom. The summed E-state index contributed by atoms with van der Waals surface area (Å²) < 4.78 is 214. The van der Waals surface area contributed by atoms with Gasteiger partial charge in [0.05, 0.1) is 50.2 Å². The number of hydrogen-bond donors (Lipinski definition) is 0. The first-order valence-corrected chi connectivity index (χ1v) is 24.1. The van der Waals surface area contributed by atoms with Crippen LogP contribution in [0.4, 0.5) is 42.9 Å². The largest absolute Gasteiger partial charge is 0.307 e. The van der Waals surface area contributed by atoms with Crippen LogP contribution in [0, 0.1) is 11.6 Å². The van der Waals surface area contributed by atoms with E-state index in [1.807, 2.05) is 84.9 Å². The molecule has 14 rings (SSSR count). The minimum atomic E-state index is -1.12. The van der Waals surface area contributed by atoms with E-state index in [1.165, 1.54) is 12.1 Å². The summed E-state index contributed by atoms with van der Waals surface area (Å²) in [5.74, 6) is -2.24. The Balaban J connectivity index is 1.09. The molecular formula is C72H46F2N2. The standard InChI is InChI=1S/C72H46F2N2/c73-71-63(51-23-9-3-10-24-51)43-57(47-17-5-1-6-18-47)45-67(71)75(59-35-29-49-21-13-15-27-55(49)41-59)65-39-33-53-32-38-62-66(40-34-54-31-37-61(65)69(53)70(54)62)76(60-36-30-50-22-14-16-28-56(50)42-60)68-46-58(48-19-7-2-8-20-48)44-64(72(68)74)52-25-11-4-12-26-52/h1-46H/i1D,2D,3D,4D,5D,6D,7D,8D,9D,10D,11D,12D,17D,18D,19D,20D,23D,24D,25D,26D. The lowest BCUT2D eigenvalue weighted by atomic mass is 9.91. The Morgan fingerprint density at radius 1 is 0.276 bits per heavy atom. The third-order valence-corrected chi connectivity index (χ3v) is 13.8. The van der Waals surface area contributed by atoms with E-state index in [0.29, 0.717) is 54.5 Å². The van der Waals surface area contributed by atoms with E-state index < -0.39 is 155 Å². The molecule has 0 radical (unpaired) electrons. The fraction of sp³-hybridized carbons (Fsp3) is 0. The first kappa shape index (κ1) is 28.5. The first-order chi connectivity index (χ1) is 45.8. The molecule has 0 atom stereocenters. The molecule has 358 valence electrons. The number of hydrogen-bond acceptors (Lipinski definition) is 2. The molecule has 0 aliphatic rings. The van der Waals surface area contributed by atoms with E-state index in [-0.39, 0.29) is 45.0 Å². The smallest absolute Gasteiger partial charge is 0.155 e. The molecule has 0 bridgehead atoms. The predicted octanol–water partition coefficient (Wildman–Crippen LogP) is 20.8. The number of halogens is 2. The molecule has 0 aliphatic heterocycles. The second-order valence-electron chi connectivity index (χ2n) is 18.0. The molecule has 0 spiro atoms. The van der Waals surface area contributed by atoms with Gasteiger partial charge in [-0.3, -0.25) is 0 Å². The fourth-order valence-corrected chi connectivity index (χ4v) is 10.4. The van der Waals surface area contributed by atoms with Crippen molar-refractivity contribution >= 4 is 88.0 Å². The summed E-state index contributed by atoms with van der Waals surface area (Å²) in [7, 11) is 0. The molecule has 4 heteroatoms. The normalized spacial score (nSPS) is 15.2. The van der Waals surface area contributed by atoms with Crippen molar-refractivity contribution in [3.05, 3.63) is 290 Å². The summed E-state index contributed by atoms with van der Waals surface area (Å²) in [4.78, 5) is 3.10. The SMILES string of the molecule is [2H]c1c([2H])c([2H])c(-c2cc(-c3c([2H])c([2H])c([2H])c([2H])c3[2H])c(F)c(N(c3ccc4ccccc4c3)c3ccc4ccc5c(N(c6ccc7ccccc7c6)c6cc(-c7c([2H])c([2H])c([2H])c([2H])c7[2H])cc(-c7c([2H])c([2H])c([2H])c([2H])c7[2H])c6F)ccc6ccc3c4c65)c2)c([2H])c1[2H]. The molecule has 0 N–H and O–H groups in total. The number of fused-ring (bicyclic) bond motifs is 2. The molecule has 0 saturated carbocycles. The maximum atomic E-state index is 18.9. The molecule has 0 fully saturated rings. The second kappa shape index (κ2) is 18.5. The molecule has 0 amide bonds. The summed E-state index contributed by atoms with van der Waals surface area (Å²) in [5, 5.41) is 6.32. The summed E-state index contributed by atoms with van der Waals surface area (Å²) in [6, 6.07) is 29.9. The van der Waals surface area contributed by atoms with Crippen LogP contribution in [-0.4, -0.2) is 0 Å². The summed E-state index contributed by atoms with van der Waals surface area (Å²) in [5.41, 5.74) is -2.76. The predicted molar refractivity (Wildman–Crippen MR) is 316 cm³/mol. The zero-order valence-electron chi connectivity index (χ0n) is 59.7. The zero-order valence-corrected chi connectivity index (χ0v) is 39.7. The van der Waals surface area contributed by atoms with Crippen molar-refractivity contribution in [3.8, 4) is 44.5 Å². The van der Waals surface area contributed by atoms with Crippen LogP contribution >= 0.6 is 0 Å². The Kier molecular flexibility index (Phi) is 6.96. The maximum absolute atomic E-state index is 18.9. The maximum Gasteiger partial charge on any atom is 0.155 e. The van der Waals surface area contributed by atoms with Crippen molar-refractivity contribution in [1.29, 1.82) is 0 Å². The van der Waals surface area contributed by atoms with Gasteiger partial charge in [0.15, 0.2) is 11.6 Å². The highest BCUT2D eigenvalue weighted by molar-refractivity contribution is 6.28. The average Bonchev–Trinajstić information content (AvgIpc) is 0.706. The third kappa shape index (κ3) is 7.70. The fourth-order valence-electron chi connectivity index (χ4n) is 10.4. The van der Waals surface area contributed by atoms with Crippen LogP contribution in [0.5, 0.6) is 0 Å². The van der Waals surface area contributed by atoms with E-state index >= 15 is 8.78 Å². The minimum absolute atomic E-state index is 0.162. The van der Waals surface area contributed by atoms with Gasteiger partial charge in [0.2, 0.25) is 0 Å². The van der Waals surface area contributed by atoms with Crippen molar-refractivity contribution in [2.75, 3.05) is 9.80 Å². The lowest BCUT2D eigenvalue weighted by Gasteiger charge is -2.31. The molecule has 0 unspecified atom stereocenters. The Morgan fingerprint density at radius 2 is 0.618 bits per heavy atom. The van der Waals surface area contributed by atoms with Gasteiger partial charge in [-0.25, -0.2) is 8.78 Å². The van der Waals surface area contributed by atoms with Gasteiger partial charge in [-0.05, 0) is 137 Å². The summed E-state index contributed by atoms with van der Waals surface area (Å²) >= 11 is 0. The third-order valence-electron chi connectivity index (χ3n) is 13.8. The van der Waals surface area contributed by atoms with Crippen molar-refractivity contribution in [1.82, 2.24) is 0 Å². The minimum Gasteiger partial charge on any atom is -0.307 e. The molecule has 2 nitrogen and oxygen atoms in total. The quantitative estimate of drug-likeness (QED) is 0.126. The van der Waals surface area contributed by atoms with Crippen molar-refractivity contribution in [2.24, 2.45) is 0 Å². The number of rotatable bonds is 10. The van der Waals surface area contributed by atoms with E-state index in [1.54, 1.807) is 58.3 Å². The van der Waals surface area contributed by atoms with Crippen molar-refractivity contribution in [3.63, 3.8) is 0 Å². The van der Waals surface area contributed by atoms with Crippen LogP contribution < -0.4 is 9.80 Å². The molecular weight excluding hydrogens is 931 g/mol. The lowest BCUT2D eigenvalue weighted by molar-refractivity contribution is 0.632. The summed E-state index contributed by atoms with van der Waals surface area (Å²) in [6.45, 7) is 0. The first-order valence-electron chi connectivity index (χ1n) is 34.1. The van der Waals surface area contributed by atoms with Gasteiger partial charge in [0, 0.05) is 33.3 Å². The Labute approximate surface area is 467 Å². The van der Waals surface area contributed by atoms with Crippen LogP contribution in [0.25, 0.3) is 98.4 Å². The van der Waals surface area contributed by atoms with Gasteiger partial charge in [-0.1, -0.05) is 218 Å². The molecule has 0 aliphatic carbocycles. The van der Waals surface area contributed by atoms with Crippen molar-refractivity contribution < 1.29 is 36.2 Å². The molecule has 0 heterocycles. The van der Waals surface area contributed by atoms with Gasteiger partial charge >= 0.3 is 0 Å². The van der Waals surface area contributed by atoms with Gasteiger partial charge in [0.25, 0.3) is 0 Å². The van der Waals surface area contributed by atoms with Gasteiger partial charge in [-0.2, -0.15) is 0 Å². The average molecular weight is 997 g/mol. The zero-order chi connectivity index (χ0) is 68.1. The highest BCUT2D eigenvalue weighted by atomic mass is 19.1. The highest BCUT2D eigenvalue weighted by Gasteiger charge is 2.27. The lowest BCUT2D eigenvalue weighted by Crippen LogP contribution is -2.14. The van der Waals surface area contributed by atoms with Gasteiger partial charge < -0.3 is 9.80 Å². The van der Waals surface area contributed by atoms with Crippen LogP contribution in [0.3, 0.4) is 0 Å². The van der Waals surface area contributed by atoms with Crippen LogP contribution in [0.1, 0.15) is 27.4 Å². The summed E-state index contributed by atoms with van der Waals surface area (Å²) in [6.07, 6.45) is 0. The van der Waals surface area contributed by atoms with E-state index in [9.17, 15) is 0 Å². The number of benzene rings is 14. The Hall–Kier alpha value is -9.90. The Bertz CT molecular complexity index is 5280. The van der Waals surface area contributed by atoms with Crippen LogP contribution in [-0.2, 0) is 0 Å². The van der Waals surface area contributed by atoms with E-state index in [4.69, 9.17) is 27.4 Å². The van der Waals surface area contributed by atoms with Crippen LogP contribution in [0.15, 0.2) is 279 Å². The van der Waals surface area contributed by atoms with Crippen LogP contribution in [0.2, 0.25) is 0 Å². The highest BCUT2D eigenvalue weighted by Crippen LogP contribution is 2.51. The second-order valence-corrected chi connectivity index (χ2v) is 18.0. The van der Waals surface area contributed by atoms with Gasteiger partial charge in [-0.15, -0.1) is 0 Å². The van der Waals surface area contributed by atoms with E-state index in [0.717, 1.165) is 22.9 Å².